The minimum absolute atomic E-state index is 0.0427. The van der Waals surface area contributed by atoms with Gasteiger partial charge in [0.25, 0.3) is 0 Å². The zero-order chi connectivity index (χ0) is 13.1. The molecular formula is C14H27NO. The minimum atomic E-state index is 0.0427. The van der Waals surface area contributed by atoms with Crippen molar-refractivity contribution in [2.24, 2.45) is 4.99 Å². The number of rotatable bonds is 4. The zero-order valence-corrected chi connectivity index (χ0v) is 12.1. The average molecular weight is 225 g/mol. The van der Waals surface area contributed by atoms with Crippen LogP contribution in [0.4, 0.5) is 0 Å². The van der Waals surface area contributed by atoms with E-state index in [1.165, 1.54) is 11.1 Å². The van der Waals surface area contributed by atoms with Gasteiger partial charge in [-0.3, -0.25) is 4.99 Å². The third kappa shape index (κ3) is 5.86. The summed E-state index contributed by atoms with van der Waals surface area (Å²) in [7, 11) is 1.70. The highest BCUT2D eigenvalue weighted by Crippen LogP contribution is 2.19. The van der Waals surface area contributed by atoms with Gasteiger partial charge in [0.2, 0.25) is 0 Å². The maximum atomic E-state index is 5.28. The Balaban J connectivity index is 0. The molecule has 0 aromatic rings. The van der Waals surface area contributed by atoms with Crippen molar-refractivity contribution in [2.75, 3.05) is 7.11 Å². The lowest BCUT2D eigenvalue weighted by molar-refractivity contribution is 0.145. The highest BCUT2D eigenvalue weighted by Gasteiger charge is 2.10. The van der Waals surface area contributed by atoms with E-state index in [9.17, 15) is 0 Å². The van der Waals surface area contributed by atoms with E-state index in [-0.39, 0.29) is 6.10 Å². The Morgan fingerprint density at radius 2 is 1.69 bits per heavy atom. The molecule has 2 nitrogen and oxygen atoms in total. The standard InChI is InChI=1S/C12H21NO.C2H6/c1-7-9(3)10(4)12(13-8-2)11(5)14-6;1-2/h7-8,11H,1-6H3;1-2H3/b9-7-,12-10+,13-8?;. The van der Waals surface area contributed by atoms with Crippen LogP contribution in [0.2, 0.25) is 0 Å². The van der Waals surface area contributed by atoms with Crippen LogP contribution in [0.3, 0.4) is 0 Å². The van der Waals surface area contributed by atoms with Crippen LogP contribution in [-0.4, -0.2) is 19.4 Å². The molecular weight excluding hydrogens is 198 g/mol. The summed E-state index contributed by atoms with van der Waals surface area (Å²) < 4.78 is 5.28. The molecule has 0 rings (SSSR count). The monoisotopic (exact) mass is 225 g/mol. The third-order valence-electron chi connectivity index (χ3n) is 2.42. The molecule has 0 aromatic heterocycles. The Labute approximate surface area is 101 Å². The molecule has 0 amide bonds. The van der Waals surface area contributed by atoms with Gasteiger partial charge in [0.15, 0.2) is 0 Å². The van der Waals surface area contributed by atoms with E-state index in [0.29, 0.717) is 0 Å². The van der Waals surface area contributed by atoms with E-state index >= 15 is 0 Å². The summed E-state index contributed by atoms with van der Waals surface area (Å²) in [5, 5.41) is 0. The summed E-state index contributed by atoms with van der Waals surface area (Å²) in [6.07, 6.45) is 3.93. The van der Waals surface area contributed by atoms with Crippen LogP contribution in [0.5, 0.6) is 0 Å². The summed E-state index contributed by atoms with van der Waals surface area (Å²) >= 11 is 0. The first-order valence-corrected chi connectivity index (χ1v) is 5.94. The van der Waals surface area contributed by atoms with Crippen molar-refractivity contribution >= 4 is 6.21 Å². The molecule has 0 spiro atoms. The molecule has 0 bridgehead atoms. The number of aliphatic imine (C=N–C) groups is 1. The molecule has 1 unspecified atom stereocenters. The topological polar surface area (TPSA) is 21.6 Å². The Morgan fingerprint density at radius 3 is 2.00 bits per heavy atom. The van der Waals surface area contributed by atoms with Gasteiger partial charge in [-0.2, -0.15) is 0 Å². The highest BCUT2D eigenvalue weighted by atomic mass is 16.5. The van der Waals surface area contributed by atoms with Gasteiger partial charge >= 0.3 is 0 Å². The molecule has 0 saturated carbocycles. The van der Waals surface area contributed by atoms with E-state index in [2.05, 4.69) is 24.9 Å². The van der Waals surface area contributed by atoms with Gasteiger partial charge in [-0.15, -0.1) is 0 Å². The second-order valence-corrected chi connectivity index (χ2v) is 3.25. The molecule has 0 aromatic carbocycles. The van der Waals surface area contributed by atoms with Crippen molar-refractivity contribution in [1.82, 2.24) is 0 Å². The largest absolute Gasteiger partial charge is 0.375 e. The second-order valence-electron chi connectivity index (χ2n) is 3.25. The predicted octanol–water partition coefficient (Wildman–Crippen LogP) is 4.38. The predicted molar refractivity (Wildman–Crippen MR) is 74.1 cm³/mol. The van der Waals surface area contributed by atoms with Gasteiger partial charge in [-0.25, -0.2) is 0 Å². The number of ether oxygens (including phenoxy) is 1. The van der Waals surface area contributed by atoms with Crippen LogP contribution in [0.25, 0.3) is 0 Å². The van der Waals surface area contributed by atoms with Crippen molar-refractivity contribution < 1.29 is 4.74 Å². The van der Waals surface area contributed by atoms with Gasteiger partial charge in [0, 0.05) is 13.3 Å². The number of allylic oxidation sites excluding steroid dienone is 3. The normalized spacial score (nSPS) is 15.4. The van der Waals surface area contributed by atoms with E-state index in [1.54, 1.807) is 13.3 Å². The summed E-state index contributed by atoms with van der Waals surface area (Å²) in [5.74, 6) is 0. The minimum Gasteiger partial charge on any atom is -0.375 e. The van der Waals surface area contributed by atoms with Crippen LogP contribution in [0.1, 0.15) is 48.5 Å². The van der Waals surface area contributed by atoms with Crippen molar-refractivity contribution in [3.05, 3.63) is 22.9 Å². The smallest absolute Gasteiger partial charge is 0.0965 e. The van der Waals surface area contributed by atoms with Crippen LogP contribution < -0.4 is 0 Å². The molecule has 16 heavy (non-hydrogen) atoms. The summed E-state index contributed by atoms with van der Waals surface area (Å²) in [6, 6.07) is 0. The Hall–Kier alpha value is -0.890. The molecule has 0 heterocycles. The Kier molecular flexibility index (Phi) is 11.6. The van der Waals surface area contributed by atoms with Gasteiger partial charge in [-0.05, 0) is 40.2 Å². The van der Waals surface area contributed by atoms with E-state index in [1.807, 2.05) is 34.6 Å². The van der Waals surface area contributed by atoms with Gasteiger partial charge < -0.3 is 4.74 Å². The fraction of sp³-hybridized carbons (Fsp3) is 0.643. The SMILES string of the molecule is CC.CC=N/C(=C(C)/C(C)=C\C)C(C)OC. The fourth-order valence-corrected chi connectivity index (χ4v) is 1.18. The maximum absolute atomic E-state index is 5.28. The summed E-state index contributed by atoms with van der Waals surface area (Å²) in [4.78, 5) is 4.35. The first kappa shape index (κ1) is 17.5. The summed E-state index contributed by atoms with van der Waals surface area (Å²) in [6.45, 7) is 14.1. The number of hydrogen-bond donors (Lipinski definition) is 0. The quantitative estimate of drug-likeness (QED) is 0.514. The van der Waals surface area contributed by atoms with E-state index < -0.39 is 0 Å². The molecule has 0 N–H and O–H groups in total. The zero-order valence-electron chi connectivity index (χ0n) is 12.1. The van der Waals surface area contributed by atoms with Crippen molar-refractivity contribution in [2.45, 2.75) is 54.6 Å². The van der Waals surface area contributed by atoms with Gasteiger partial charge in [0.1, 0.15) is 0 Å². The second kappa shape index (κ2) is 10.6. The van der Waals surface area contributed by atoms with Crippen LogP contribution in [-0.2, 0) is 4.74 Å². The Morgan fingerprint density at radius 1 is 1.19 bits per heavy atom. The van der Waals surface area contributed by atoms with Gasteiger partial charge in [0.05, 0.1) is 11.8 Å². The third-order valence-corrected chi connectivity index (χ3v) is 2.42. The molecule has 0 radical (unpaired) electrons. The lowest BCUT2D eigenvalue weighted by Gasteiger charge is -2.14. The molecule has 0 fully saturated rings. The molecule has 1 atom stereocenters. The number of methoxy groups -OCH3 is 1. The molecule has 0 aliphatic heterocycles. The van der Waals surface area contributed by atoms with Crippen LogP contribution >= 0.6 is 0 Å². The fourth-order valence-electron chi connectivity index (χ4n) is 1.18. The van der Waals surface area contributed by atoms with E-state index in [4.69, 9.17) is 4.74 Å². The van der Waals surface area contributed by atoms with E-state index in [0.717, 1.165) is 5.70 Å². The maximum Gasteiger partial charge on any atom is 0.0965 e. The Bertz CT molecular complexity index is 262. The highest BCUT2D eigenvalue weighted by molar-refractivity contribution is 5.56. The number of nitrogens with zero attached hydrogens (tertiary/aromatic N) is 1. The molecule has 0 aliphatic rings. The molecule has 2 heteroatoms. The van der Waals surface area contributed by atoms with Crippen molar-refractivity contribution in [3.8, 4) is 0 Å². The van der Waals surface area contributed by atoms with Crippen molar-refractivity contribution in [3.63, 3.8) is 0 Å². The van der Waals surface area contributed by atoms with Crippen LogP contribution in [0.15, 0.2) is 27.9 Å². The first-order valence-electron chi connectivity index (χ1n) is 5.94. The lowest BCUT2D eigenvalue weighted by atomic mass is 10.0. The molecule has 94 valence electrons. The van der Waals surface area contributed by atoms with Crippen LogP contribution in [0, 0.1) is 0 Å². The average Bonchev–Trinajstić information content (AvgIpc) is 2.35. The van der Waals surface area contributed by atoms with Crippen molar-refractivity contribution in [1.29, 1.82) is 0 Å². The van der Waals surface area contributed by atoms with Gasteiger partial charge in [-0.1, -0.05) is 25.5 Å². The summed E-state index contributed by atoms with van der Waals surface area (Å²) in [5.41, 5.74) is 3.44. The lowest BCUT2D eigenvalue weighted by Crippen LogP contribution is -2.09. The molecule has 0 saturated heterocycles. The first-order chi connectivity index (χ1) is 7.58. The molecule has 0 aliphatic carbocycles. The number of hydrogen-bond acceptors (Lipinski definition) is 2.